The second-order valence-corrected chi connectivity index (χ2v) is 1.15. The maximum Gasteiger partial charge on any atom is 0.496 e. The first kappa shape index (κ1) is 5.67. The lowest BCUT2D eigenvalue weighted by Gasteiger charge is -1.72. The van der Waals surface area contributed by atoms with Gasteiger partial charge in [-0.2, -0.15) is 4.98 Å². The molecule has 44 valence electrons. The fourth-order valence-corrected chi connectivity index (χ4v) is 0.317. The summed E-state index contributed by atoms with van der Waals surface area (Å²) in [6.45, 7) is 0. The highest BCUT2D eigenvalue weighted by Gasteiger charge is 2.08. The summed E-state index contributed by atoms with van der Waals surface area (Å²) in [7, 11) is 0. The average Bonchev–Trinajstić information content (AvgIpc) is 1.88. The van der Waals surface area contributed by atoms with Gasteiger partial charge in [0.2, 0.25) is 6.33 Å². The maximum atomic E-state index is 11.9. The third-order valence-electron chi connectivity index (χ3n) is 0.619. The van der Waals surface area contributed by atoms with E-state index in [2.05, 4.69) is 20.1 Å². The Morgan fingerprint density at radius 1 is 1.56 bits per heavy atom. The SMILES string of the molecule is [N]=[N+]c1ncnc(F)n1. The molecule has 0 aliphatic rings. The molecule has 9 heavy (non-hydrogen) atoms. The molecule has 0 atom stereocenters. The molecule has 1 aromatic rings. The summed E-state index contributed by atoms with van der Waals surface area (Å²) in [6.07, 6.45) is -0.0463. The summed E-state index contributed by atoms with van der Waals surface area (Å²) in [5.74, 6) is -0.331. The van der Waals surface area contributed by atoms with Crippen molar-refractivity contribution in [2.75, 3.05) is 0 Å². The van der Waals surface area contributed by atoms with Crippen LogP contribution in [0.1, 0.15) is 0 Å². The molecule has 2 radical (unpaired) electrons. The number of hydrogen-bond acceptors (Lipinski definition) is 4. The van der Waals surface area contributed by atoms with Crippen LogP contribution < -0.4 is 10.6 Å². The zero-order valence-electron chi connectivity index (χ0n) is 4.19. The summed E-state index contributed by atoms with van der Waals surface area (Å²) < 4.78 is 11.9. The van der Waals surface area contributed by atoms with Crippen LogP contribution in [0, 0.1) is 6.08 Å². The van der Waals surface area contributed by atoms with E-state index in [9.17, 15) is 4.39 Å². The molecular weight excluding hydrogens is 125 g/mol. The number of nitrogens with zero attached hydrogens (tertiary/aromatic N) is 5. The fourth-order valence-electron chi connectivity index (χ4n) is 0.317. The molecule has 0 saturated heterocycles. The van der Waals surface area contributed by atoms with Crippen LogP contribution >= 0.6 is 0 Å². The van der Waals surface area contributed by atoms with Gasteiger partial charge in [-0.3, -0.25) is 0 Å². The number of aromatic nitrogens is 3. The number of hydrogen-bond donors (Lipinski definition) is 0. The number of halogens is 1. The first-order chi connectivity index (χ1) is 4.33. The van der Waals surface area contributed by atoms with Crippen molar-refractivity contribution in [2.24, 2.45) is 0 Å². The highest BCUT2D eigenvalue weighted by Crippen LogP contribution is 1.89. The smallest absolute Gasteiger partial charge is 0.158 e. The van der Waals surface area contributed by atoms with E-state index in [1.807, 2.05) is 0 Å². The molecule has 1 aromatic heterocycles. The molecule has 5 nitrogen and oxygen atoms in total. The Labute approximate surface area is 49.5 Å². The third-order valence-corrected chi connectivity index (χ3v) is 0.619. The van der Waals surface area contributed by atoms with E-state index in [0.29, 0.717) is 0 Å². The first-order valence-corrected chi connectivity index (χ1v) is 2.02. The minimum Gasteiger partial charge on any atom is -0.158 e. The second kappa shape index (κ2) is 2.21. The summed E-state index contributed by atoms with van der Waals surface area (Å²) in [5.41, 5.74) is 7.97. The Kier molecular flexibility index (Phi) is 1.39. The molecule has 0 unspecified atom stereocenters. The van der Waals surface area contributed by atoms with E-state index in [1.54, 1.807) is 0 Å². The summed E-state index contributed by atoms with van der Waals surface area (Å²) in [5, 5.41) is 2.53. The van der Waals surface area contributed by atoms with E-state index in [0.717, 1.165) is 6.33 Å². The van der Waals surface area contributed by atoms with E-state index >= 15 is 0 Å². The predicted molar refractivity (Wildman–Crippen MR) is 23.7 cm³/mol. The second-order valence-electron chi connectivity index (χ2n) is 1.15. The van der Waals surface area contributed by atoms with Crippen LogP contribution in [0.25, 0.3) is 0 Å². The Balaban J connectivity index is 3.07. The first-order valence-electron chi connectivity index (χ1n) is 2.02. The van der Waals surface area contributed by atoms with Crippen molar-refractivity contribution in [3.8, 4) is 0 Å². The third kappa shape index (κ3) is 1.21. The van der Waals surface area contributed by atoms with Crippen molar-refractivity contribution in [1.82, 2.24) is 25.6 Å². The molecule has 0 aliphatic heterocycles. The lowest BCUT2D eigenvalue weighted by molar-refractivity contribution is 0.531. The minimum absolute atomic E-state index is 0.331. The van der Waals surface area contributed by atoms with E-state index in [-0.39, 0.29) is 5.95 Å². The topological polar surface area (TPSA) is 75.1 Å². The standard InChI is InChI=1S/C3HFN5/c4-2-6-1-7-3(8-2)9-5/h1H/q+1. The molecule has 0 aliphatic carbocycles. The molecule has 6 heteroatoms. The van der Waals surface area contributed by atoms with Crippen molar-refractivity contribution in [2.45, 2.75) is 0 Å². The molecular formula is C3HFN5+. The molecule has 0 spiro atoms. The van der Waals surface area contributed by atoms with Crippen LogP contribution in [0.5, 0.6) is 0 Å². The summed E-state index contributed by atoms with van der Waals surface area (Å²) in [6, 6.07) is 0. The van der Waals surface area contributed by atoms with Crippen LogP contribution in [0.4, 0.5) is 10.3 Å². The zero-order chi connectivity index (χ0) is 6.69. The summed E-state index contributed by atoms with van der Waals surface area (Å²) >= 11 is 0. The van der Waals surface area contributed by atoms with Crippen molar-refractivity contribution < 1.29 is 4.39 Å². The molecule has 0 saturated carbocycles. The Morgan fingerprint density at radius 2 is 2.33 bits per heavy atom. The quantitative estimate of drug-likeness (QED) is 0.463. The van der Waals surface area contributed by atoms with Crippen LogP contribution in [-0.2, 0) is 0 Å². The fraction of sp³-hybridized carbons (Fsp3) is 0. The van der Waals surface area contributed by atoms with E-state index in [4.69, 9.17) is 5.53 Å². The van der Waals surface area contributed by atoms with E-state index < -0.39 is 6.08 Å². The van der Waals surface area contributed by atoms with Crippen molar-refractivity contribution in [1.29, 1.82) is 0 Å². The van der Waals surface area contributed by atoms with Gasteiger partial charge in [0.05, 0.1) is 10.6 Å². The zero-order valence-corrected chi connectivity index (χ0v) is 4.19. The Morgan fingerprint density at radius 3 is 2.78 bits per heavy atom. The van der Waals surface area contributed by atoms with Gasteiger partial charge in [-0.15, -0.1) is 4.39 Å². The lowest BCUT2D eigenvalue weighted by Crippen LogP contribution is -1.94. The van der Waals surface area contributed by atoms with Crippen molar-refractivity contribution in [3.05, 3.63) is 12.4 Å². The van der Waals surface area contributed by atoms with Crippen LogP contribution in [0.2, 0.25) is 0 Å². The lowest BCUT2D eigenvalue weighted by atomic mass is 11.0. The van der Waals surface area contributed by atoms with Crippen molar-refractivity contribution in [3.63, 3.8) is 0 Å². The molecule has 0 aromatic carbocycles. The van der Waals surface area contributed by atoms with Gasteiger partial charge in [0.15, 0.2) is 0 Å². The van der Waals surface area contributed by atoms with Crippen LogP contribution in [0.3, 0.4) is 0 Å². The number of rotatable bonds is 1. The van der Waals surface area contributed by atoms with Crippen LogP contribution in [-0.4, -0.2) is 15.0 Å². The highest BCUT2D eigenvalue weighted by atomic mass is 19.1. The van der Waals surface area contributed by atoms with Gasteiger partial charge in [-0.1, -0.05) is 4.98 Å². The Hall–Kier alpha value is -1.46. The average molecular weight is 126 g/mol. The van der Waals surface area contributed by atoms with Gasteiger partial charge in [-0.25, -0.2) is 0 Å². The van der Waals surface area contributed by atoms with Crippen LogP contribution in [0.15, 0.2) is 6.33 Å². The molecule has 0 amide bonds. The van der Waals surface area contributed by atoms with Crippen molar-refractivity contribution >= 4 is 5.95 Å². The molecule has 1 rings (SSSR count). The van der Waals surface area contributed by atoms with Gasteiger partial charge >= 0.3 is 12.0 Å². The van der Waals surface area contributed by atoms with Gasteiger partial charge in [-0.05, 0) is 4.98 Å². The largest absolute Gasteiger partial charge is 0.496 e. The van der Waals surface area contributed by atoms with Gasteiger partial charge in [0.1, 0.15) is 0 Å². The highest BCUT2D eigenvalue weighted by molar-refractivity contribution is 5.03. The maximum absolute atomic E-state index is 11.9. The van der Waals surface area contributed by atoms with Gasteiger partial charge in [0, 0.05) is 0 Å². The normalized spacial score (nSPS) is 9.00. The minimum atomic E-state index is -0.960. The molecule has 1 heterocycles. The molecule has 0 fully saturated rings. The van der Waals surface area contributed by atoms with Gasteiger partial charge < -0.3 is 0 Å². The van der Waals surface area contributed by atoms with Gasteiger partial charge in [0.25, 0.3) is 0 Å². The molecule has 0 N–H and O–H groups in total. The monoisotopic (exact) mass is 126 g/mol. The van der Waals surface area contributed by atoms with E-state index in [1.165, 1.54) is 0 Å². The summed E-state index contributed by atoms with van der Waals surface area (Å²) in [4.78, 5) is 9.29. The predicted octanol–water partition coefficient (Wildman–Crippen LogP) is -0.770. The molecule has 0 bridgehead atoms. The Bertz CT molecular complexity index is 223.